The summed E-state index contributed by atoms with van der Waals surface area (Å²) in [5.74, 6) is 60.3. The molecule has 0 aliphatic carbocycles. The van der Waals surface area contributed by atoms with E-state index < -0.39 is 0 Å². The number of hydrogen-bond donors (Lipinski definition) is 0. The van der Waals surface area contributed by atoms with Crippen molar-refractivity contribution in [2.45, 2.75) is 55.4 Å². The Hall–Kier alpha value is -6.66. The summed E-state index contributed by atoms with van der Waals surface area (Å²) in [6.07, 6.45) is 3.47. The van der Waals surface area contributed by atoms with Gasteiger partial charge in [0.15, 0.2) is 0 Å². The number of rotatable bonds is 0. The molecule has 210 valence electrons. The second kappa shape index (κ2) is 32.6. The van der Waals surface area contributed by atoms with Crippen LogP contribution >= 0.6 is 0 Å². The third kappa shape index (κ3) is 26.9. The van der Waals surface area contributed by atoms with Gasteiger partial charge in [-0.2, -0.15) is 0 Å². The first-order valence-corrected chi connectivity index (χ1v) is 13.3. The van der Waals surface area contributed by atoms with Crippen LogP contribution < -0.4 is 0 Å². The van der Waals surface area contributed by atoms with E-state index in [-0.39, 0.29) is 0 Å². The summed E-state index contributed by atoms with van der Waals surface area (Å²) in [6.45, 7) is 14.3. The van der Waals surface area contributed by atoms with Crippen LogP contribution in [0.1, 0.15) is 77.6 Å². The summed E-state index contributed by atoms with van der Waals surface area (Å²) in [7, 11) is 0. The van der Waals surface area contributed by atoms with Crippen molar-refractivity contribution in [1.29, 1.82) is 0 Å². The van der Waals surface area contributed by atoms with Crippen LogP contribution in [0.3, 0.4) is 0 Å². The summed E-state index contributed by atoms with van der Waals surface area (Å²) in [5, 5.41) is 0. The van der Waals surface area contributed by atoms with Gasteiger partial charge in [-0.25, -0.2) is 0 Å². The second-order valence-corrected chi connectivity index (χ2v) is 7.28. The van der Waals surface area contributed by atoms with Gasteiger partial charge in [-0.1, -0.05) is 59.2 Å². The van der Waals surface area contributed by atoms with Crippen LogP contribution in [0.2, 0.25) is 0 Å². The largest absolute Gasteiger partial charge is 0.102 e. The van der Waals surface area contributed by atoms with E-state index in [4.69, 9.17) is 0 Å². The lowest BCUT2D eigenvalue weighted by molar-refractivity contribution is 1.60. The van der Waals surface area contributed by atoms with Gasteiger partial charge in [0.2, 0.25) is 0 Å². The van der Waals surface area contributed by atoms with Gasteiger partial charge in [-0.3, -0.25) is 0 Å². The first-order chi connectivity index (χ1) is 21.6. The predicted molar refractivity (Wildman–Crippen MR) is 189 cm³/mol. The van der Waals surface area contributed by atoms with E-state index in [0.29, 0.717) is 0 Å². The molecule has 2 aromatic rings. The van der Waals surface area contributed by atoms with E-state index in [0.717, 1.165) is 22.3 Å². The minimum Gasteiger partial charge on any atom is -0.102 e. The van der Waals surface area contributed by atoms with Crippen LogP contribution in [0, 0.1) is 130 Å². The quantitative estimate of drug-likeness (QED) is 0.292. The highest BCUT2D eigenvalue weighted by molar-refractivity contribution is 5.46. The lowest BCUT2D eigenvalue weighted by Crippen LogP contribution is -1.76. The summed E-state index contributed by atoms with van der Waals surface area (Å²) >= 11 is 0. The zero-order valence-electron chi connectivity index (χ0n) is 26.8. The van der Waals surface area contributed by atoms with Crippen LogP contribution in [0.15, 0.2) is 60.7 Å². The van der Waals surface area contributed by atoms with Crippen LogP contribution in [-0.2, 0) is 0 Å². The minimum atomic E-state index is 0.940. The molecule has 2 aromatic carbocycles. The van der Waals surface area contributed by atoms with Crippen LogP contribution in [0.5, 0.6) is 0 Å². The summed E-state index contributed by atoms with van der Waals surface area (Å²) in [5.41, 5.74) is 3.96. The van der Waals surface area contributed by atoms with Crippen LogP contribution in [0.4, 0.5) is 0 Å². The highest BCUT2D eigenvalue weighted by atomic mass is 13.9. The second-order valence-electron chi connectivity index (χ2n) is 7.28. The maximum atomic E-state index is 2.98. The Morgan fingerprint density at radius 1 is 0.295 bits per heavy atom. The van der Waals surface area contributed by atoms with E-state index in [9.17, 15) is 0 Å². The van der Waals surface area contributed by atoms with Gasteiger partial charge in [-0.15, -0.1) is 23.7 Å². The predicted octanol–water partition coefficient (Wildman–Crippen LogP) is 7.49. The van der Waals surface area contributed by atoms with E-state index in [1.165, 1.54) is 0 Å². The van der Waals surface area contributed by atoms with E-state index >= 15 is 0 Å². The molecular formula is C44H34. The third-order valence-electron chi connectivity index (χ3n) is 4.07. The smallest absolute Gasteiger partial charge is 0.0256 e. The topological polar surface area (TPSA) is 0 Å². The summed E-state index contributed by atoms with van der Waals surface area (Å²) < 4.78 is 0. The molecule has 0 aromatic heterocycles. The highest BCUT2D eigenvalue weighted by Gasteiger charge is 1.87. The Bertz CT molecular complexity index is 1760. The molecule has 0 bridgehead atoms. The van der Waals surface area contributed by atoms with Gasteiger partial charge in [0.1, 0.15) is 0 Å². The molecule has 2 rings (SSSR count). The fourth-order valence-corrected chi connectivity index (χ4v) is 2.33. The number of allylic oxidation sites excluding steroid dienone is 2. The zero-order chi connectivity index (χ0) is 32.9. The molecule has 0 aliphatic heterocycles. The maximum absolute atomic E-state index is 2.98. The van der Waals surface area contributed by atoms with E-state index in [2.05, 4.69) is 130 Å². The van der Waals surface area contributed by atoms with Crippen molar-refractivity contribution in [2.24, 2.45) is 0 Å². The molecule has 0 saturated carbocycles. The Kier molecular flexibility index (Phi) is 29.2. The van der Waals surface area contributed by atoms with Gasteiger partial charge in [0, 0.05) is 22.3 Å². The number of hydrogen-bond acceptors (Lipinski definition) is 0. The Balaban J connectivity index is 0. The monoisotopic (exact) mass is 562 g/mol. The lowest BCUT2D eigenvalue weighted by atomic mass is 10.1. The van der Waals surface area contributed by atoms with Gasteiger partial charge < -0.3 is 0 Å². The number of benzene rings is 2. The van der Waals surface area contributed by atoms with Crippen molar-refractivity contribution in [2.75, 3.05) is 0 Å². The molecule has 0 nitrogen and oxygen atoms in total. The molecule has 0 amide bonds. The molecule has 44 heavy (non-hydrogen) atoms. The summed E-state index contributed by atoms with van der Waals surface area (Å²) in [4.78, 5) is 0. The fraction of sp³-hybridized carbons (Fsp3) is 0.182. The molecule has 0 heterocycles. The fourth-order valence-electron chi connectivity index (χ4n) is 2.33. The van der Waals surface area contributed by atoms with Crippen molar-refractivity contribution >= 4 is 0 Å². The molecule has 0 fully saturated rings. The van der Waals surface area contributed by atoms with Gasteiger partial charge in [-0.05, 0) is 163 Å². The van der Waals surface area contributed by atoms with Crippen molar-refractivity contribution in [3.05, 3.63) is 82.9 Å². The molecule has 0 unspecified atom stereocenters. The molecule has 0 N–H and O–H groups in total. The Morgan fingerprint density at radius 2 is 0.568 bits per heavy atom. The Labute approximate surface area is 267 Å². The molecule has 0 atom stereocenters. The van der Waals surface area contributed by atoms with Crippen molar-refractivity contribution in [3.8, 4) is 130 Å². The average Bonchev–Trinajstić information content (AvgIpc) is 3.05. The normalized spacial score (nSPS) is 6.36. The van der Waals surface area contributed by atoms with Gasteiger partial charge in [0.05, 0.1) is 0 Å². The standard InChI is InChI=1S/C16H10.C12H10.C8H8.C8H6/c1-3-5-7-9-15-11-13-16(14-12-15)10-8-6-4-2;1-3-5-11-7-9-12(6-4-2)10-8-11;2*1-3-5-7-8-6-4-2/h11-14H,1-2H3;7-10H,1-2H3;7-8H,1-2H3;1-2H3/b;;8-7+;. The van der Waals surface area contributed by atoms with Crippen molar-refractivity contribution in [1.82, 2.24) is 0 Å². The Morgan fingerprint density at radius 3 is 0.818 bits per heavy atom. The van der Waals surface area contributed by atoms with E-state index in [1.807, 2.05) is 62.4 Å². The van der Waals surface area contributed by atoms with Crippen molar-refractivity contribution in [3.63, 3.8) is 0 Å². The molecule has 0 spiro atoms. The van der Waals surface area contributed by atoms with E-state index in [1.54, 1.807) is 53.7 Å². The molecule has 0 aliphatic rings. The highest BCUT2D eigenvalue weighted by Crippen LogP contribution is 2.02. The molecular weight excluding hydrogens is 528 g/mol. The average molecular weight is 563 g/mol. The van der Waals surface area contributed by atoms with Gasteiger partial charge >= 0.3 is 0 Å². The first-order valence-electron chi connectivity index (χ1n) is 13.3. The molecule has 0 saturated heterocycles. The third-order valence-corrected chi connectivity index (χ3v) is 4.07. The van der Waals surface area contributed by atoms with Gasteiger partial charge in [0.25, 0.3) is 0 Å². The molecule has 0 heteroatoms. The van der Waals surface area contributed by atoms with Crippen LogP contribution in [0.25, 0.3) is 0 Å². The SMILES string of the molecule is CC#C/C=C/C#CC.CC#CC#CC#CC.CC#CC#Cc1ccc(C#CC#CC)cc1.CC#Cc1ccc(C#CC)cc1. The zero-order valence-corrected chi connectivity index (χ0v) is 26.8. The van der Waals surface area contributed by atoms with Crippen LogP contribution in [-0.4, -0.2) is 0 Å². The molecule has 0 radical (unpaired) electrons. The lowest BCUT2D eigenvalue weighted by Gasteiger charge is -1.90. The van der Waals surface area contributed by atoms with Crippen molar-refractivity contribution < 1.29 is 0 Å². The summed E-state index contributed by atoms with van der Waals surface area (Å²) in [6, 6.07) is 15.6. The first kappa shape index (κ1) is 39.5. The maximum Gasteiger partial charge on any atom is 0.0256 e. The minimum absolute atomic E-state index is 0.940.